The second-order valence-electron chi connectivity index (χ2n) is 15.4. The van der Waals surface area contributed by atoms with Crippen molar-refractivity contribution >= 4 is 40.3 Å². The van der Waals surface area contributed by atoms with Crippen LogP contribution >= 0.6 is 0 Å². The molecule has 284 valence electrons. The molecule has 4 aliphatic rings. The SMILES string of the molecule is C[C@@H]1Cc2oc(-c3ccnc(-c4ccc(N5CCN(CC6CCN(c7ccc8c(c7)n(C)c(=O)n8C7CCC(=O)NC7=O)CC6)CC5)nc4)c3)cc2C(=O)N1. The summed E-state index contributed by atoms with van der Waals surface area (Å²) in [4.78, 5) is 66.7. The molecule has 0 radical (unpaired) electrons. The van der Waals surface area contributed by atoms with Crippen LogP contribution in [0.4, 0.5) is 11.5 Å². The molecular weight excluding hydrogens is 699 g/mol. The molecule has 0 saturated carbocycles. The average molecular weight is 744 g/mol. The Morgan fingerprint density at radius 3 is 2.42 bits per heavy atom. The molecule has 8 heterocycles. The molecule has 3 fully saturated rings. The van der Waals surface area contributed by atoms with Crippen molar-refractivity contribution in [3.05, 3.63) is 82.7 Å². The van der Waals surface area contributed by atoms with Crippen LogP contribution < -0.4 is 26.1 Å². The summed E-state index contributed by atoms with van der Waals surface area (Å²) in [6.07, 6.45) is 7.08. The number of aromatic nitrogens is 4. The molecule has 0 aliphatic carbocycles. The van der Waals surface area contributed by atoms with Crippen LogP contribution in [0.2, 0.25) is 0 Å². The van der Waals surface area contributed by atoms with Crippen LogP contribution in [0.15, 0.2) is 70.1 Å². The standard InChI is InChI=1S/C41H45N9O5/c1-25-19-36-30(39(52)44-25)22-35(55-36)27-9-12-42-31(20-27)28-3-7-37(43-23-28)49-17-15-47(16-18-49)24-26-10-13-48(14-11-26)29-4-5-32-34(21-29)46(2)41(54)50(32)33-6-8-38(51)45-40(33)53/h3-5,7,9,12,20-23,25-26,33H,6,8,10-11,13-19,24H2,1-2H3,(H,44,52)(H,45,51,53)/t25-,33?/m1/s1. The monoisotopic (exact) mass is 743 g/mol. The van der Waals surface area contributed by atoms with Gasteiger partial charge in [-0.2, -0.15) is 0 Å². The fraction of sp³-hybridized carbons (Fsp3) is 0.415. The first-order chi connectivity index (χ1) is 26.7. The number of rotatable bonds is 7. The Hall–Kier alpha value is -5.76. The van der Waals surface area contributed by atoms with Gasteiger partial charge in [0.1, 0.15) is 23.4 Å². The summed E-state index contributed by atoms with van der Waals surface area (Å²) in [6, 6.07) is 15.3. The molecule has 14 nitrogen and oxygen atoms in total. The van der Waals surface area contributed by atoms with E-state index in [2.05, 4.69) is 48.5 Å². The van der Waals surface area contributed by atoms with Crippen molar-refractivity contribution in [1.29, 1.82) is 0 Å². The van der Waals surface area contributed by atoms with Crippen LogP contribution in [0.1, 0.15) is 54.8 Å². The number of furan rings is 1. The van der Waals surface area contributed by atoms with Crippen LogP contribution in [0.3, 0.4) is 0 Å². The number of anilines is 2. The highest BCUT2D eigenvalue weighted by Crippen LogP contribution is 2.32. The van der Waals surface area contributed by atoms with E-state index in [4.69, 9.17) is 9.40 Å². The van der Waals surface area contributed by atoms with Crippen LogP contribution in [0.25, 0.3) is 33.6 Å². The summed E-state index contributed by atoms with van der Waals surface area (Å²) >= 11 is 0. The third-order valence-electron chi connectivity index (χ3n) is 11.8. The van der Waals surface area contributed by atoms with E-state index in [1.807, 2.05) is 43.5 Å². The smallest absolute Gasteiger partial charge is 0.329 e. The molecule has 0 spiro atoms. The fourth-order valence-electron chi connectivity index (χ4n) is 8.69. The molecular formula is C41H45N9O5. The third kappa shape index (κ3) is 6.68. The number of fused-ring (bicyclic) bond motifs is 2. The van der Waals surface area contributed by atoms with Crippen LogP contribution in [-0.2, 0) is 23.1 Å². The quantitative estimate of drug-likeness (QED) is 0.236. The van der Waals surface area contributed by atoms with Gasteiger partial charge in [-0.25, -0.2) is 9.78 Å². The predicted octanol–water partition coefficient (Wildman–Crippen LogP) is 3.75. The first-order valence-corrected chi connectivity index (χ1v) is 19.3. The van der Waals surface area contributed by atoms with E-state index in [0.717, 1.165) is 98.3 Å². The third-order valence-corrected chi connectivity index (χ3v) is 11.8. The molecule has 2 atom stereocenters. The molecule has 55 heavy (non-hydrogen) atoms. The number of amides is 3. The Labute approximate surface area is 318 Å². The zero-order valence-corrected chi connectivity index (χ0v) is 31.2. The number of hydrogen-bond acceptors (Lipinski definition) is 10. The van der Waals surface area contributed by atoms with E-state index in [-0.39, 0.29) is 30.0 Å². The fourth-order valence-corrected chi connectivity index (χ4v) is 8.69. The lowest BCUT2D eigenvalue weighted by Crippen LogP contribution is -2.49. The Bertz CT molecular complexity index is 2350. The summed E-state index contributed by atoms with van der Waals surface area (Å²) < 4.78 is 9.24. The van der Waals surface area contributed by atoms with E-state index < -0.39 is 11.9 Å². The number of hydrogen-bond donors (Lipinski definition) is 2. The van der Waals surface area contributed by atoms with Gasteiger partial charge in [0.05, 0.1) is 22.3 Å². The van der Waals surface area contributed by atoms with Crippen LogP contribution in [0, 0.1) is 5.92 Å². The van der Waals surface area contributed by atoms with Gasteiger partial charge in [-0.05, 0) is 80.6 Å². The van der Waals surface area contributed by atoms with Gasteiger partial charge in [-0.15, -0.1) is 0 Å². The molecule has 3 saturated heterocycles. The van der Waals surface area contributed by atoms with Gasteiger partial charge >= 0.3 is 5.69 Å². The van der Waals surface area contributed by atoms with Gasteiger partial charge in [-0.1, -0.05) is 0 Å². The normalized spacial score (nSPS) is 21.2. The van der Waals surface area contributed by atoms with E-state index in [0.29, 0.717) is 35.6 Å². The lowest BCUT2D eigenvalue weighted by molar-refractivity contribution is -0.135. The maximum Gasteiger partial charge on any atom is 0.329 e. The molecule has 4 aromatic heterocycles. The molecule has 3 amide bonds. The summed E-state index contributed by atoms with van der Waals surface area (Å²) in [5.74, 6) is 2.18. The highest BCUT2D eigenvalue weighted by Gasteiger charge is 2.32. The van der Waals surface area contributed by atoms with Crippen molar-refractivity contribution in [3.8, 4) is 22.6 Å². The minimum atomic E-state index is -0.682. The Balaban J connectivity index is 0.777. The molecule has 14 heteroatoms. The minimum Gasteiger partial charge on any atom is -0.460 e. The summed E-state index contributed by atoms with van der Waals surface area (Å²) in [7, 11) is 1.74. The second kappa shape index (κ2) is 14.1. The van der Waals surface area contributed by atoms with E-state index >= 15 is 0 Å². The molecule has 9 rings (SSSR count). The number of carbonyl (C=O) groups is 3. The Morgan fingerprint density at radius 1 is 0.836 bits per heavy atom. The number of nitrogens with zero attached hydrogens (tertiary/aromatic N) is 7. The number of piperidine rings is 2. The lowest BCUT2D eigenvalue weighted by Gasteiger charge is -2.39. The summed E-state index contributed by atoms with van der Waals surface area (Å²) in [5.41, 5.74) is 5.54. The van der Waals surface area contributed by atoms with Crippen molar-refractivity contribution in [2.24, 2.45) is 13.0 Å². The van der Waals surface area contributed by atoms with Gasteiger partial charge in [0.15, 0.2) is 0 Å². The molecule has 1 aromatic carbocycles. The molecule has 5 aromatic rings. The van der Waals surface area contributed by atoms with Crippen LogP contribution in [-0.4, -0.2) is 93.6 Å². The number of benzene rings is 1. The van der Waals surface area contributed by atoms with Gasteiger partial charge in [0, 0.05) is 101 Å². The predicted molar refractivity (Wildman–Crippen MR) is 208 cm³/mol. The summed E-state index contributed by atoms with van der Waals surface area (Å²) in [5, 5.41) is 5.34. The number of aryl methyl sites for hydroxylation is 1. The topological polar surface area (TPSA) is 151 Å². The van der Waals surface area contributed by atoms with Crippen LogP contribution in [0.5, 0.6) is 0 Å². The number of imide groups is 1. The Kier molecular flexibility index (Phi) is 8.99. The molecule has 0 bridgehead atoms. The average Bonchev–Trinajstić information content (AvgIpc) is 3.74. The number of nitrogens with one attached hydrogen (secondary N) is 2. The zero-order valence-electron chi connectivity index (χ0n) is 31.2. The maximum absolute atomic E-state index is 13.2. The van der Waals surface area contributed by atoms with Crippen molar-refractivity contribution in [2.75, 3.05) is 55.6 Å². The second-order valence-corrected chi connectivity index (χ2v) is 15.4. The van der Waals surface area contributed by atoms with E-state index in [1.165, 1.54) is 4.57 Å². The molecule has 1 unspecified atom stereocenters. The van der Waals surface area contributed by atoms with Gasteiger partial charge in [0.2, 0.25) is 11.8 Å². The lowest BCUT2D eigenvalue weighted by atomic mass is 9.95. The number of imidazole rings is 1. The number of carbonyl (C=O) groups excluding carboxylic acids is 3. The van der Waals surface area contributed by atoms with Crippen molar-refractivity contribution < 1.29 is 18.8 Å². The van der Waals surface area contributed by atoms with E-state index in [9.17, 15) is 19.2 Å². The van der Waals surface area contributed by atoms with E-state index in [1.54, 1.807) is 17.8 Å². The Morgan fingerprint density at radius 2 is 1.65 bits per heavy atom. The minimum absolute atomic E-state index is 0.0515. The maximum atomic E-state index is 13.2. The largest absolute Gasteiger partial charge is 0.460 e. The van der Waals surface area contributed by atoms with Crippen molar-refractivity contribution in [2.45, 2.75) is 51.1 Å². The highest BCUT2D eigenvalue weighted by atomic mass is 16.3. The van der Waals surface area contributed by atoms with Crippen molar-refractivity contribution in [3.63, 3.8) is 0 Å². The van der Waals surface area contributed by atoms with Gasteiger partial charge in [-0.3, -0.25) is 38.7 Å². The number of pyridine rings is 2. The highest BCUT2D eigenvalue weighted by molar-refractivity contribution is 6.00. The molecule has 4 aliphatic heterocycles. The molecule has 2 N–H and O–H groups in total. The van der Waals surface area contributed by atoms with Gasteiger partial charge in [0.25, 0.3) is 5.91 Å². The first kappa shape index (κ1) is 35.0. The summed E-state index contributed by atoms with van der Waals surface area (Å²) in [6.45, 7) is 8.79. The van der Waals surface area contributed by atoms with Gasteiger partial charge < -0.3 is 19.5 Å². The van der Waals surface area contributed by atoms with Crippen molar-refractivity contribution in [1.82, 2.24) is 34.6 Å². The first-order valence-electron chi connectivity index (χ1n) is 19.3. The number of piperazine rings is 1. The zero-order chi connectivity index (χ0) is 37.8.